The first-order valence-electron chi connectivity index (χ1n) is 6.70. The molecule has 20 heavy (non-hydrogen) atoms. The van der Waals surface area contributed by atoms with Gasteiger partial charge < -0.3 is 14.8 Å². The van der Waals surface area contributed by atoms with E-state index in [0.717, 1.165) is 31.1 Å². The lowest BCUT2D eigenvalue weighted by atomic mass is 10.1. The smallest absolute Gasteiger partial charge is 0.164 e. The topological polar surface area (TPSA) is 56.3 Å². The molecule has 1 saturated heterocycles. The maximum atomic E-state index is 5.72. The van der Waals surface area contributed by atoms with Gasteiger partial charge in [-0.25, -0.2) is 9.97 Å². The highest BCUT2D eigenvalue weighted by molar-refractivity contribution is 5.35. The predicted molar refractivity (Wildman–Crippen MR) is 75.3 cm³/mol. The summed E-state index contributed by atoms with van der Waals surface area (Å²) in [4.78, 5) is 8.78. The summed E-state index contributed by atoms with van der Waals surface area (Å²) in [6.45, 7) is 1.99. The summed E-state index contributed by atoms with van der Waals surface area (Å²) in [5.41, 5.74) is 0. The monoisotopic (exact) mass is 271 g/mol. The Labute approximate surface area is 118 Å². The van der Waals surface area contributed by atoms with Crippen molar-refractivity contribution in [2.75, 3.05) is 20.2 Å². The van der Waals surface area contributed by atoms with Crippen molar-refractivity contribution < 1.29 is 9.47 Å². The van der Waals surface area contributed by atoms with Crippen LogP contribution >= 0.6 is 0 Å². The number of nitrogens with zero attached hydrogens (tertiary/aromatic N) is 2. The third-order valence-corrected chi connectivity index (χ3v) is 3.35. The number of nitrogens with one attached hydrogen (secondary N) is 1. The molecule has 0 bridgehead atoms. The van der Waals surface area contributed by atoms with Gasteiger partial charge in [0.1, 0.15) is 17.3 Å². The van der Waals surface area contributed by atoms with Crippen LogP contribution in [0.25, 0.3) is 0 Å². The van der Waals surface area contributed by atoms with E-state index in [1.54, 1.807) is 19.5 Å². The van der Waals surface area contributed by atoms with Gasteiger partial charge >= 0.3 is 0 Å². The van der Waals surface area contributed by atoms with Gasteiger partial charge in [0.05, 0.1) is 19.5 Å². The maximum absolute atomic E-state index is 5.72. The molecule has 1 N–H and O–H groups in total. The molecule has 1 atom stereocenters. The fraction of sp³-hybridized carbons (Fsp3) is 0.333. The summed E-state index contributed by atoms with van der Waals surface area (Å²) >= 11 is 0. The van der Waals surface area contributed by atoms with E-state index in [0.29, 0.717) is 17.4 Å². The zero-order chi connectivity index (χ0) is 13.8. The number of hydrogen-bond acceptors (Lipinski definition) is 5. The molecule has 0 aliphatic carbocycles. The molecular formula is C15H17N3O2. The van der Waals surface area contributed by atoms with E-state index in [2.05, 4.69) is 15.3 Å². The van der Waals surface area contributed by atoms with Crippen molar-refractivity contribution in [1.82, 2.24) is 15.3 Å². The van der Waals surface area contributed by atoms with Gasteiger partial charge in [0.25, 0.3) is 0 Å². The van der Waals surface area contributed by atoms with Crippen LogP contribution in [0.4, 0.5) is 0 Å². The van der Waals surface area contributed by atoms with E-state index >= 15 is 0 Å². The number of aromatic nitrogens is 2. The zero-order valence-electron chi connectivity index (χ0n) is 11.4. The third-order valence-electron chi connectivity index (χ3n) is 3.35. The lowest BCUT2D eigenvalue weighted by Gasteiger charge is -2.09. The summed E-state index contributed by atoms with van der Waals surface area (Å²) in [6, 6.07) is 7.46. The molecular weight excluding hydrogens is 254 g/mol. The number of benzene rings is 1. The molecule has 1 unspecified atom stereocenters. The van der Waals surface area contributed by atoms with E-state index in [1.165, 1.54) is 0 Å². The highest BCUT2D eigenvalue weighted by Gasteiger charge is 2.19. The number of hydrogen-bond donors (Lipinski definition) is 1. The van der Waals surface area contributed by atoms with Crippen LogP contribution in [-0.4, -0.2) is 30.2 Å². The van der Waals surface area contributed by atoms with E-state index in [4.69, 9.17) is 9.47 Å². The lowest BCUT2D eigenvalue weighted by Crippen LogP contribution is -2.10. The molecule has 5 heteroatoms. The van der Waals surface area contributed by atoms with Crippen LogP contribution in [0.2, 0.25) is 0 Å². The van der Waals surface area contributed by atoms with E-state index in [9.17, 15) is 0 Å². The van der Waals surface area contributed by atoms with Gasteiger partial charge in [0.15, 0.2) is 5.75 Å². The molecule has 3 rings (SSSR count). The SMILES string of the molecule is COc1cccc(Oc2cnc(C3CCNC3)nc2)c1. The summed E-state index contributed by atoms with van der Waals surface area (Å²) in [6.07, 6.45) is 4.54. The molecule has 5 nitrogen and oxygen atoms in total. The third kappa shape index (κ3) is 2.88. The van der Waals surface area contributed by atoms with Gasteiger partial charge in [-0.05, 0) is 25.1 Å². The normalized spacial score (nSPS) is 17.9. The van der Waals surface area contributed by atoms with Crippen molar-refractivity contribution in [3.05, 3.63) is 42.5 Å². The number of methoxy groups -OCH3 is 1. The van der Waals surface area contributed by atoms with Crippen LogP contribution < -0.4 is 14.8 Å². The number of ether oxygens (including phenoxy) is 2. The molecule has 0 amide bonds. The first-order valence-corrected chi connectivity index (χ1v) is 6.70. The van der Waals surface area contributed by atoms with Gasteiger partial charge in [-0.2, -0.15) is 0 Å². The summed E-state index contributed by atoms with van der Waals surface area (Å²) < 4.78 is 10.9. The molecule has 1 fully saturated rings. The minimum atomic E-state index is 0.417. The van der Waals surface area contributed by atoms with Crippen molar-refractivity contribution in [3.63, 3.8) is 0 Å². The Bertz CT molecular complexity index is 566. The largest absolute Gasteiger partial charge is 0.497 e. The standard InChI is InChI=1S/C15H17N3O2/c1-19-12-3-2-4-13(7-12)20-14-9-17-15(18-10-14)11-5-6-16-8-11/h2-4,7,9-11,16H,5-6,8H2,1H3. The molecule has 1 aromatic heterocycles. The fourth-order valence-electron chi connectivity index (χ4n) is 2.27. The molecule has 0 saturated carbocycles. The second-order valence-corrected chi connectivity index (χ2v) is 4.75. The van der Waals surface area contributed by atoms with Gasteiger partial charge in [0, 0.05) is 18.5 Å². The van der Waals surface area contributed by atoms with Crippen LogP contribution in [0.1, 0.15) is 18.2 Å². The van der Waals surface area contributed by atoms with Crippen molar-refractivity contribution in [1.29, 1.82) is 0 Å². The molecule has 0 radical (unpaired) electrons. The average molecular weight is 271 g/mol. The van der Waals surface area contributed by atoms with Crippen molar-refractivity contribution >= 4 is 0 Å². The van der Waals surface area contributed by atoms with E-state index in [1.807, 2.05) is 24.3 Å². The van der Waals surface area contributed by atoms with Crippen LogP contribution in [0.15, 0.2) is 36.7 Å². The Balaban J connectivity index is 1.71. The summed E-state index contributed by atoms with van der Waals surface area (Å²) in [5.74, 6) is 3.40. The maximum Gasteiger partial charge on any atom is 0.164 e. The molecule has 104 valence electrons. The Morgan fingerprint density at radius 3 is 2.65 bits per heavy atom. The molecule has 2 aromatic rings. The second-order valence-electron chi connectivity index (χ2n) is 4.75. The molecule has 1 aliphatic rings. The predicted octanol–water partition coefficient (Wildman–Crippen LogP) is 2.35. The molecule has 1 aliphatic heterocycles. The van der Waals surface area contributed by atoms with Crippen molar-refractivity contribution in [2.45, 2.75) is 12.3 Å². The Morgan fingerprint density at radius 2 is 1.95 bits per heavy atom. The second kappa shape index (κ2) is 5.88. The average Bonchev–Trinajstić information content (AvgIpc) is 3.02. The first-order chi connectivity index (χ1) is 9.85. The van der Waals surface area contributed by atoms with Crippen LogP contribution in [0, 0.1) is 0 Å². The van der Waals surface area contributed by atoms with E-state index < -0.39 is 0 Å². The van der Waals surface area contributed by atoms with Crippen LogP contribution in [0.3, 0.4) is 0 Å². The highest BCUT2D eigenvalue weighted by Crippen LogP contribution is 2.25. The summed E-state index contributed by atoms with van der Waals surface area (Å²) in [7, 11) is 1.63. The number of rotatable bonds is 4. The Hall–Kier alpha value is -2.14. The molecule has 0 spiro atoms. The van der Waals surface area contributed by atoms with Crippen LogP contribution in [0.5, 0.6) is 17.2 Å². The Kier molecular flexibility index (Phi) is 3.78. The minimum absolute atomic E-state index is 0.417. The molecule has 1 aromatic carbocycles. The van der Waals surface area contributed by atoms with Gasteiger partial charge in [-0.3, -0.25) is 0 Å². The fourth-order valence-corrected chi connectivity index (χ4v) is 2.27. The first kappa shape index (κ1) is 12.9. The lowest BCUT2D eigenvalue weighted by molar-refractivity contribution is 0.408. The van der Waals surface area contributed by atoms with Crippen molar-refractivity contribution in [3.8, 4) is 17.2 Å². The minimum Gasteiger partial charge on any atom is -0.497 e. The highest BCUT2D eigenvalue weighted by atomic mass is 16.5. The van der Waals surface area contributed by atoms with E-state index in [-0.39, 0.29) is 0 Å². The van der Waals surface area contributed by atoms with Gasteiger partial charge in [-0.1, -0.05) is 6.07 Å². The Morgan fingerprint density at radius 1 is 1.15 bits per heavy atom. The van der Waals surface area contributed by atoms with Gasteiger partial charge in [-0.15, -0.1) is 0 Å². The quantitative estimate of drug-likeness (QED) is 0.925. The summed E-state index contributed by atoms with van der Waals surface area (Å²) in [5, 5.41) is 3.31. The van der Waals surface area contributed by atoms with Crippen molar-refractivity contribution in [2.24, 2.45) is 0 Å². The zero-order valence-corrected chi connectivity index (χ0v) is 11.4. The van der Waals surface area contributed by atoms with Gasteiger partial charge in [0.2, 0.25) is 0 Å². The van der Waals surface area contributed by atoms with Crippen LogP contribution in [-0.2, 0) is 0 Å². The molecule has 2 heterocycles.